The summed E-state index contributed by atoms with van der Waals surface area (Å²) in [6.07, 6.45) is 6.59. The lowest BCUT2D eigenvalue weighted by Crippen LogP contribution is -2.26. The van der Waals surface area contributed by atoms with E-state index in [1.165, 1.54) is 5.69 Å². The summed E-state index contributed by atoms with van der Waals surface area (Å²) in [5.41, 5.74) is 5.07. The van der Waals surface area contributed by atoms with Crippen LogP contribution in [0.25, 0.3) is 5.69 Å². The maximum atomic E-state index is 13.0. The molecule has 3 aromatic rings. The van der Waals surface area contributed by atoms with Crippen molar-refractivity contribution < 1.29 is 4.79 Å². The average molecular weight is 453 g/mol. The summed E-state index contributed by atoms with van der Waals surface area (Å²) in [4.78, 5) is 13.0. The largest absolute Gasteiger partial charge is 0.351 e. The molecule has 2 heterocycles. The zero-order valence-corrected chi connectivity index (χ0v) is 20.2. The van der Waals surface area contributed by atoms with Crippen LogP contribution in [0.1, 0.15) is 59.8 Å². The Hall–Kier alpha value is -2.61. The molecule has 32 heavy (non-hydrogen) atoms. The molecule has 8 heteroatoms. The number of hydrogen-bond donors (Lipinski definition) is 1. The molecule has 2 aromatic heterocycles. The first-order chi connectivity index (χ1) is 15.5. The lowest BCUT2D eigenvalue weighted by Gasteiger charge is -2.11. The van der Waals surface area contributed by atoms with Gasteiger partial charge in [-0.25, -0.2) is 4.68 Å². The van der Waals surface area contributed by atoms with Gasteiger partial charge in [0.05, 0.1) is 5.69 Å². The van der Waals surface area contributed by atoms with Crippen molar-refractivity contribution in [3.63, 3.8) is 0 Å². The number of rotatable bonds is 9. The molecule has 0 spiro atoms. The molecular formula is C24H32N6OS. The standard InChI is InChI=1S/C24H32N6OS/c1-16(2)15-29-21(26-27-24(29)32-4)13-8-14-25-23(31)22-18-10-7-12-20(18)30(28-22)19-11-6-5-9-17(19)3/h5-6,9,11,16H,7-8,10,12-15H2,1-4H3,(H,25,31). The van der Waals surface area contributed by atoms with E-state index in [9.17, 15) is 4.79 Å². The quantitative estimate of drug-likeness (QED) is 0.392. The van der Waals surface area contributed by atoms with Gasteiger partial charge in [-0.15, -0.1) is 10.2 Å². The summed E-state index contributed by atoms with van der Waals surface area (Å²) in [5.74, 6) is 1.44. The van der Waals surface area contributed by atoms with Crippen LogP contribution in [0.5, 0.6) is 0 Å². The summed E-state index contributed by atoms with van der Waals surface area (Å²) < 4.78 is 4.18. The van der Waals surface area contributed by atoms with Crippen molar-refractivity contribution in [1.29, 1.82) is 0 Å². The van der Waals surface area contributed by atoms with E-state index in [1.807, 2.05) is 23.1 Å². The van der Waals surface area contributed by atoms with Crippen LogP contribution in [0.2, 0.25) is 0 Å². The summed E-state index contributed by atoms with van der Waals surface area (Å²) in [5, 5.41) is 17.4. The molecule has 0 aliphatic heterocycles. The average Bonchev–Trinajstić information content (AvgIpc) is 3.47. The Morgan fingerprint density at radius 1 is 1.22 bits per heavy atom. The molecule has 1 N–H and O–H groups in total. The van der Waals surface area contributed by atoms with Crippen molar-refractivity contribution in [1.82, 2.24) is 29.9 Å². The van der Waals surface area contributed by atoms with Crippen LogP contribution in [0, 0.1) is 12.8 Å². The van der Waals surface area contributed by atoms with Crippen molar-refractivity contribution in [3.8, 4) is 5.69 Å². The fourth-order valence-electron chi connectivity index (χ4n) is 4.36. The number of aryl methyl sites for hydroxylation is 2. The van der Waals surface area contributed by atoms with Crippen LogP contribution in [0.15, 0.2) is 29.4 Å². The first-order valence-corrected chi connectivity index (χ1v) is 12.6. The molecular weight excluding hydrogens is 420 g/mol. The van der Waals surface area contributed by atoms with Crippen molar-refractivity contribution in [2.75, 3.05) is 12.8 Å². The zero-order chi connectivity index (χ0) is 22.7. The second kappa shape index (κ2) is 9.90. The Morgan fingerprint density at radius 2 is 2.03 bits per heavy atom. The van der Waals surface area contributed by atoms with E-state index in [0.29, 0.717) is 18.2 Å². The van der Waals surface area contributed by atoms with Crippen LogP contribution < -0.4 is 5.32 Å². The Labute approximate surface area is 194 Å². The number of aromatic nitrogens is 5. The first kappa shape index (κ1) is 22.6. The number of amides is 1. The van der Waals surface area contributed by atoms with E-state index in [2.05, 4.69) is 53.0 Å². The number of hydrogen-bond acceptors (Lipinski definition) is 5. The minimum Gasteiger partial charge on any atom is -0.351 e. The molecule has 0 fully saturated rings. The van der Waals surface area contributed by atoms with Crippen LogP contribution in [0.3, 0.4) is 0 Å². The van der Waals surface area contributed by atoms with Gasteiger partial charge in [0.2, 0.25) is 0 Å². The molecule has 4 rings (SSSR count). The zero-order valence-electron chi connectivity index (χ0n) is 19.4. The highest BCUT2D eigenvalue weighted by Gasteiger charge is 2.27. The number of nitrogens with zero attached hydrogens (tertiary/aromatic N) is 5. The van der Waals surface area contributed by atoms with Crippen LogP contribution >= 0.6 is 11.8 Å². The molecule has 7 nitrogen and oxygen atoms in total. The lowest BCUT2D eigenvalue weighted by atomic mass is 10.1. The van der Waals surface area contributed by atoms with Gasteiger partial charge in [0, 0.05) is 30.8 Å². The number of carbonyl (C=O) groups is 1. The normalized spacial score (nSPS) is 13.0. The second-order valence-electron chi connectivity index (χ2n) is 8.79. The highest BCUT2D eigenvalue weighted by atomic mass is 32.2. The van der Waals surface area contributed by atoms with E-state index in [1.54, 1.807) is 11.8 Å². The lowest BCUT2D eigenvalue weighted by molar-refractivity contribution is 0.0947. The summed E-state index contributed by atoms with van der Waals surface area (Å²) in [6.45, 7) is 7.98. The predicted molar refractivity (Wildman–Crippen MR) is 128 cm³/mol. The van der Waals surface area contributed by atoms with Gasteiger partial charge in [0.1, 0.15) is 5.82 Å². The van der Waals surface area contributed by atoms with E-state index in [-0.39, 0.29) is 5.91 Å². The van der Waals surface area contributed by atoms with Gasteiger partial charge in [-0.2, -0.15) is 5.10 Å². The van der Waals surface area contributed by atoms with Crippen molar-refractivity contribution >= 4 is 17.7 Å². The molecule has 1 aliphatic carbocycles. The maximum Gasteiger partial charge on any atom is 0.272 e. The SMILES string of the molecule is CSc1nnc(CCCNC(=O)c2nn(-c3ccccc3C)c3c2CCC3)n1CC(C)C. The molecule has 1 amide bonds. The van der Waals surface area contributed by atoms with Crippen molar-refractivity contribution in [2.45, 2.75) is 64.6 Å². The summed E-state index contributed by atoms with van der Waals surface area (Å²) in [6, 6.07) is 8.20. The van der Waals surface area contributed by atoms with Crippen molar-refractivity contribution in [3.05, 3.63) is 52.6 Å². The highest BCUT2D eigenvalue weighted by molar-refractivity contribution is 7.98. The number of nitrogens with one attached hydrogen (secondary N) is 1. The molecule has 0 radical (unpaired) electrons. The summed E-state index contributed by atoms with van der Waals surface area (Å²) in [7, 11) is 0. The minimum absolute atomic E-state index is 0.0797. The maximum absolute atomic E-state index is 13.0. The van der Waals surface area contributed by atoms with E-state index >= 15 is 0 Å². The van der Waals surface area contributed by atoms with Gasteiger partial charge >= 0.3 is 0 Å². The number of para-hydroxylation sites is 1. The molecule has 1 aromatic carbocycles. The van der Waals surface area contributed by atoms with E-state index in [0.717, 1.165) is 66.4 Å². The summed E-state index contributed by atoms with van der Waals surface area (Å²) >= 11 is 1.62. The first-order valence-electron chi connectivity index (χ1n) is 11.4. The minimum atomic E-state index is -0.0797. The predicted octanol–water partition coefficient (Wildman–Crippen LogP) is 4.00. The van der Waals surface area contributed by atoms with E-state index < -0.39 is 0 Å². The van der Waals surface area contributed by atoms with Gasteiger partial charge in [-0.3, -0.25) is 4.79 Å². The third-order valence-corrected chi connectivity index (χ3v) is 6.54. The molecule has 0 unspecified atom stereocenters. The monoisotopic (exact) mass is 452 g/mol. The third-order valence-electron chi connectivity index (χ3n) is 5.88. The van der Waals surface area contributed by atoms with Gasteiger partial charge in [0.25, 0.3) is 5.91 Å². The van der Waals surface area contributed by atoms with Crippen LogP contribution in [-0.2, 0) is 25.8 Å². The fraction of sp³-hybridized carbons (Fsp3) is 0.500. The molecule has 0 saturated heterocycles. The Bertz CT molecular complexity index is 1100. The van der Waals surface area contributed by atoms with Crippen LogP contribution in [0.4, 0.5) is 0 Å². The molecule has 1 aliphatic rings. The van der Waals surface area contributed by atoms with Gasteiger partial charge in [0.15, 0.2) is 10.9 Å². The van der Waals surface area contributed by atoms with Gasteiger partial charge in [-0.05, 0) is 56.4 Å². The van der Waals surface area contributed by atoms with Gasteiger partial charge in [-0.1, -0.05) is 43.8 Å². The molecule has 0 saturated carbocycles. The number of fused-ring (bicyclic) bond motifs is 1. The van der Waals surface area contributed by atoms with Crippen molar-refractivity contribution in [2.24, 2.45) is 5.92 Å². The highest BCUT2D eigenvalue weighted by Crippen LogP contribution is 2.28. The number of thioether (sulfide) groups is 1. The number of carbonyl (C=O) groups excluding carboxylic acids is 1. The molecule has 0 atom stereocenters. The molecule has 0 bridgehead atoms. The smallest absolute Gasteiger partial charge is 0.272 e. The van der Waals surface area contributed by atoms with Gasteiger partial charge < -0.3 is 9.88 Å². The topological polar surface area (TPSA) is 77.6 Å². The third kappa shape index (κ3) is 4.60. The van der Waals surface area contributed by atoms with Crippen LogP contribution in [-0.4, -0.2) is 43.3 Å². The number of benzene rings is 1. The Balaban J connectivity index is 1.41. The van der Waals surface area contributed by atoms with E-state index in [4.69, 9.17) is 5.10 Å². The molecule has 170 valence electrons. The Kier molecular flexibility index (Phi) is 6.98. The fourth-order valence-corrected chi connectivity index (χ4v) is 4.88. The Morgan fingerprint density at radius 3 is 2.78 bits per heavy atom. The second-order valence-corrected chi connectivity index (χ2v) is 9.57.